The van der Waals surface area contributed by atoms with Crippen LogP contribution in [0.3, 0.4) is 0 Å². The molecule has 0 radical (unpaired) electrons. The molecule has 47 heavy (non-hydrogen) atoms. The number of halogens is 3. The number of anilines is 1. The first kappa shape index (κ1) is 39.2. The molecule has 2 amide bonds. The van der Waals surface area contributed by atoms with Gasteiger partial charge in [-0.2, -0.15) is 0 Å². The molecule has 258 valence electrons. The van der Waals surface area contributed by atoms with Crippen molar-refractivity contribution < 1.29 is 52.4 Å². The molecule has 2 aromatic rings. The van der Waals surface area contributed by atoms with Crippen molar-refractivity contribution in [2.45, 2.75) is 75.3 Å². The molecule has 0 aromatic heterocycles. The minimum atomic E-state index is -1.91. The van der Waals surface area contributed by atoms with Gasteiger partial charge in [-0.05, 0) is 59.2 Å². The standard InChI is InChI=1S/C31H37Cl3N2O11/c1-29(2,3)46-24(37)22(36-27(40)47-30(4,5)6)17-43-26(39)35-21-14-12-20(13-15-21)23(45-28(41)44-18-31(32,33)34)25(38)42-16-19-10-8-7-9-11-19/h7-15,22-23H,16-18H2,1-6H3,(H,35,39)(H,36,40)/t22?,23-/m1/s1. The minimum absolute atomic E-state index is 0.110. The third-order valence-corrected chi connectivity index (χ3v) is 5.56. The summed E-state index contributed by atoms with van der Waals surface area (Å²) in [6.45, 7) is 8.50. The van der Waals surface area contributed by atoms with Crippen LogP contribution in [0.2, 0.25) is 0 Å². The lowest BCUT2D eigenvalue weighted by Gasteiger charge is -2.26. The maximum Gasteiger partial charge on any atom is 0.509 e. The van der Waals surface area contributed by atoms with Crippen molar-refractivity contribution >= 4 is 70.8 Å². The van der Waals surface area contributed by atoms with Crippen LogP contribution < -0.4 is 10.6 Å². The predicted molar refractivity (Wildman–Crippen MR) is 172 cm³/mol. The van der Waals surface area contributed by atoms with Crippen LogP contribution in [0.5, 0.6) is 0 Å². The number of amides is 2. The van der Waals surface area contributed by atoms with Crippen LogP contribution >= 0.6 is 34.8 Å². The number of alkyl halides is 3. The zero-order valence-corrected chi connectivity index (χ0v) is 28.9. The van der Waals surface area contributed by atoms with Gasteiger partial charge in [-0.25, -0.2) is 24.0 Å². The summed E-state index contributed by atoms with van der Waals surface area (Å²) in [6.07, 6.45) is -4.79. The van der Waals surface area contributed by atoms with Crippen LogP contribution in [0.4, 0.5) is 20.1 Å². The predicted octanol–water partition coefficient (Wildman–Crippen LogP) is 6.78. The number of hydrogen-bond acceptors (Lipinski definition) is 11. The Morgan fingerprint density at radius 1 is 0.723 bits per heavy atom. The largest absolute Gasteiger partial charge is 0.509 e. The van der Waals surface area contributed by atoms with Crippen molar-refractivity contribution in [2.75, 3.05) is 18.5 Å². The molecule has 1 unspecified atom stereocenters. The van der Waals surface area contributed by atoms with E-state index in [9.17, 15) is 24.0 Å². The summed E-state index contributed by atoms with van der Waals surface area (Å²) < 4.78 is 29.0. The topological polar surface area (TPSA) is 165 Å². The molecule has 2 rings (SSSR count). The lowest BCUT2D eigenvalue weighted by molar-refractivity contribution is -0.158. The van der Waals surface area contributed by atoms with E-state index in [1.165, 1.54) is 24.3 Å². The van der Waals surface area contributed by atoms with E-state index in [0.717, 1.165) is 0 Å². The molecule has 13 nitrogen and oxygen atoms in total. The Hall–Kier alpha value is -3.94. The number of hydrogen-bond donors (Lipinski definition) is 2. The van der Waals surface area contributed by atoms with Crippen LogP contribution in [0.15, 0.2) is 54.6 Å². The van der Waals surface area contributed by atoms with E-state index in [1.54, 1.807) is 71.9 Å². The highest BCUT2D eigenvalue weighted by atomic mass is 35.6. The van der Waals surface area contributed by atoms with Gasteiger partial charge in [0.15, 0.2) is 6.04 Å². The fourth-order valence-corrected chi connectivity index (χ4v) is 3.54. The number of carbonyl (C=O) groups is 5. The number of alkyl carbamates (subject to hydrolysis) is 1. The van der Waals surface area contributed by atoms with Crippen LogP contribution in [0.1, 0.15) is 58.8 Å². The summed E-state index contributed by atoms with van der Waals surface area (Å²) in [5, 5.41) is 4.79. The van der Waals surface area contributed by atoms with Crippen molar-refractivity contribution in [1.29, 1.82) is 0 Å². The zero-order chi connectivity index (χ0) is 35.4. The molecule has 0 spiro atoms. The molecule has 0 bridgehead atoms. The van der Waals surface area contributed by atoms with Gasteiger partial charge in [0, 0.05) is 11.3 Å². The minimum Gasteiger partial charge on any atom is -0.458 e. The molecule has 16 heteroatoms. The summed E-state index contributed by atoms with van der Waals surface area (Å²) in [7, 11) is 0. The van der Waals surface area contributed by atoms with Gasteiger partial charge in [0.1, 0.15) is 31.0 Å². The van der Waals surface area contributed by atoms with Crippen molar-refractivity contribution in [3.8, 4) is 0 Å². The number of rotatable bonds is 11. The molecule has 0 saturated carbocycles. The van der Waals surface area contributed by atoms with Gasteiger partial charge in [-0.1, -0.05) is 77.3 Å². The highest BCUT2D eigenvalue weighted by molar-refractivity contribution is 6.67. The molecule has 2 aromatic carbocycles. The molecular formula is C31H37Cl3N2O11. The SMILES string of the molecule is CC(C)(C)OC(=O)NC(COC(=O)Nc1ccc([C@@H](OC(=O)OCC(Cl)(Cl)Cl)C(=O)OCc2ccccc2)cc1)C(=O)OC(C)(C)C. The average molecular weight is 720 g/mol. The molecule has 0 fully saturated rings. The number of ether oxygens (including phenoxy) is 6. The van der Waals surface area contributed by atoms with Gasteiger partial charge < -0.3 is 33.7 Å². The fraction of sp³-hybridized carbons (Fsp3) is 0.452. The Morgan fingerprint density at radius 2 is 1.32 bits per heavy atom. The number of benzene rings is 2. The van der Waals surface area contributed by atoms with E-state index >= 15 is 0 Å². The molecule has 0 heterocycles. The van der Waals surface area contributed by atoms with Crippen molar-refractivity contribution in [1.82, 2.24) is 5.32 Å². The smallest absolute Gasteiger partial charge is 0.458 e. The first-order valence-corrected chi connectivity index (χ1v) is 15.2. The molecule has 0 aliphatic carbocycles. The molecule has 2 atom stereocenters. The lowest BCUT2D eigenvalue weighted by Crippen LogP contribution is -2.48. The second-order valence-electron chi connectivity index (χ2n) is 11.8. The van der Waals surface area contributed by atoms with E-state index in [2.05, 4.69) is 10.6 Å². The summed E-state index contributed by atoms with van der Waals surface area (Å²) in [5.74, 6) is -1.77. The van der Waals surface area contributed by atoms with E-state index < -0.39 is 70.6 Å². The molecular weight excluding hydrogens is 683 g/mol. The van der Waals surface area contributed by atoms with Crippen molar-refractivity contribution in [3.63, 3.8) is 0 Å². The summed E-state index contributed by atoms with van der Waals surface area (Å²) in [4.78, 5) is 62.8. The second kappa shape index (κ2) is 17.3. The maximum atomic E-state index is 13.0. The van der Waals surface area contributed by atoms with E-state index in [-0.39, 0.29) is 17.9 Å². The lowest BCUT2D eigenvalue weighted by atomic mass is 10.1. The summed E-state index contributed by atoms with van der Waals surface area (Å²) >= 11 is 16.8. The maximum absolute atomic E-state index is 13.0. The number of nitrogens with one attached hydrogen (secondary N) is 2. The van der Waals surface area contributed by atoms with Gasteiger partial charge in [0.05, 0.1) is 0 Å². The van der Waals surface area contributed by atoms with Gasteiger partial charge in [-0.15, -0.1) is 0 Å². The van der Waals surface area contributed by atoms with Crippen molar-refractivity contribution in [3.05, 3.63) is 65.7 Å². The van der Waals surface area contributed by atoms with Gasteiger partial charge >= 0.3 is 30.3 Å². The summed E-state index contributed by atoms with van der Waals surface area (Å²) in [6, 6.07) is 12.9. The van der Waals surface area contributed by atoms with Crippen molar-refractivity contribution in [2.24, 2.45) is 0 Å². The number of carbonyl (C=O) groups excluding carboxylic acids is 5. The van der Waals surface area contributed by atoms with Crippen LogP contribution in [-0.2, 0) is 44.6 Å². The first-order valence-electron chi connectivity index (χ1n) is 14.1. The Balaban J connectivity index is 2.11. The zero-order valence-electron chi connectivity index (χ0n) is 26.6. The van der Waals surface area contributed by atoms with E-state index in [0.29, 0.717) is 5.56 Å². The molecule has 0 saturated heterocycles. The third-order valence-electron chi connectivity index (χ3n) is 5.23. The Morgan fingerprint density at radius 3 is 1.87 bits per heavy atom. The van der Waals surface area contributed by atoms with E-state index in [1.807, 2.05) is 0 Å². The van der Waals surface area contributed by atoms with Crippen LogP contribution in [0.25, 0.3) is 0 Å². The molecule has 0 aliphatic heterocycles. The van der Waals surface area contributed by atoms with Gasteiger partial charge in [0.25, 0.3) is 0 Å². The first-order chi connectivity index (χ1) is 21.7. The second-order valence-corrected chi connectivity index (χ2v) is 14.3. The third kappa shape index (κ3) is 16.4. The number of esters is 2. The Bertz CT molecular complexity index is 1370. The van der Waals surface area contributed by atoms with Gasteiger partial charge in [-0.3, -0.25) is 5.32 Å². The molecule has 0 aliphatic rings. The average Bonchev–Trinajstić information content (AvgIpc) is 2.94. The highest BCUT2D eigenvalue weighted by Gasteiger charge is 2.31. The fourth-order valence-electron chi connectivity index (χ4n) is 3.37. The monoisotopic (exact) mass is 718 g/mol. The highest BCUT2D eigenvalue weighted by Crippen LogP contribution is 2.27. The normalized spacial score (nSPS) is 12.9. The van der Waals surface area contributed by atoms with Crippen LogP contribution in [-0.4, -0.2) is 64.5 Å². The molecule has 2 N–H and O–H groups in total. The Kier molecular flexibility index (Phi) is 14.4. The Labute approximate surface area is 287 Å². The van der Waals surface area contributed by atoms with E-state index in [4.69, 9.17) is 63.2 Å². The summed E-state index contributed by atoms with van der Waals surface area (Å²) in [5.41, 5.74) is -0.696. The quantitative estimate of drug-likeness (QED) is 0.143. The van der Waals surface area contributed by atoms with Gasteiger partial charge in [0.2, 0.25) is 9.90 Å². The van der Waals surface area contributed by atoms with Crippen LogP contribution in [0, 0.1) is 0 Å².